The molecule has 0 aliphatic heterocycles. The van der Waals surface area contributed by atoms with E-state index in [4.69, 9.17) is 10.6 Å². The first kappa shape index (κ1) is 7.62. The lowest BCUT2D eigenvalue weighted by Crippen LogP contribution is -2.09. The van der Waals surface area contributed by atoms with Gasteiger partial charge in [-0.2, -0.15) is 0 Å². The van der Waals surface area contributed by atoms with Crippen LogP contribution in [-0.2, 0) is 0 Å². The van der Waals surface area contributed by atoms with Gasteiger partial charge >= 0.3 is 0 Å². The van der Waals surface area contributed by atoms with Gasteiger partial charge in [0.1, 0.15) is 0 Å². The van der Waals surface area contributed by atoms with Gasteiger partial charge in [-0.05, 0) is 6.92 Å². The quantitative estimate of drug-likeness (QED) is 0.285. The van der Waals surface area contributed by atoms with E-state index < -0.39 is 0 Å². The van der Waals surface area contributed by atoms with Crippen LogP contribution in [0.3, 0.4) is 0 Å². The van der Waals surface area contributed by atoms with Gasteiger partial charge in [-0.1, -0.05) is 21.1 Å². The van der Waals surface area contributed by atoms with E-state index in [-0.39, 0.29) is 0 Å². The van der Waals surface area contributed by atoms with Gasteiger partial charge in [0.05, 0.1) is 11.4 Å². The summed E-state index contributed by atoms with van der Waals surface area (Å²) < 4.78 is 0. The molecule has 8 heavy (non-hydrogen) atoms. The fourth-order valence-corrected chi connectivity index (χ4v) is 0.563. The first-order valence-corrected chi connectivity index (χ1v) is 3.17. The van der Waals surface area contributed by atoms with Crippen molar-refractivity contribution in [2.24, 2.45) is 5.16 Å². The Hall–Kier alpha value is -0.380. The molecular formula is C4H7BrN2O. The number of hydrogen-bond donors (Lipinski definition) is 2. The van der Waals surface area contributed by atoms with E-state index in [1.807, 2.05) is 0 Å². The molecule has 0 bridgehead atoms. The average molecular weight is 179 g/mol. The first-order chi connectivity index (χ1) is 3.72. The summed E-state index contributed by atoms with van der Waals surface area (Å²) in [6.07, 6.45) is 0. The fraction of sp³-hybridized carbons (Fsp3) is 0.500. The summed E-state index contributed by atoms with van der Waals surface area (Å²) in [5, 5.41) is 18.3. The Bertz CT molecular complexity index is 121. The molecule has 0 rings (SSSR count). The van der Waals surface area contributed by atoms with Crippen molar-refractivity contribution in [3.8, 4) is 0 Å². The fourth-order valence-electron chi connectivity index (χ4n) is 0.157. The summed E-state index contributed by atoms with van der Waals surface area (Å²) in [7, 11) is 0. The van der Waals surface area contributed by atoms with E-state index in [2.05, 4.69) is 21.1 Å². The standard InChI is InChI=1S/C4H7BrN2O/c1-3(7-8)4(6)2-5/h6,8H,2H2,1H3. The van der Waals surface area contributed by atoms with Gasteiger partial charge in [0.15, 0.2) is 0 Å². The van der Waals surface area contributed by atoms with Gasteiger partial charge in [-0.15, -0.1) is 0 Å². The molecule has 3 nitrogen and oxygen atoms in total. The molecule has 0 heterocycles. The lowest BCUT2D eigenvalue weighted by molar-refractivity contribution is 0.320. The van der Waals surface area contributed by atoms with Crippen LogP contribution < -0.4 is 0 Å². The molecule has 0 amide bonds. The molecule has 0 unspecified atom stereocenters. The van der Waals surface area contributed by atoms with E-state index in [9.17, 15) is 0 Å². The maximum absolute atomic E-state index is 8.06. The lowest BCUT2D eigenvalue weighted by atomic mass is 10.3. The summed E-state index contributed by atoms with van der Waals surface area (Å²) in [5.41, 5.74) is 0.648. The van der Waals surface area contributed by atoms with Crippen molar-refractivity contribution in [1.82, 2.24) is 0 Å². The van der Waals surface area contributed by atoms with Gasteiger partial charge < -0.3 is 10.6 Å². The van der Waals surface area contributed by atoms with E-state index in [0.717, 1.165) is 0 Å². The van der Waals surface area contributed by atoms with Crippen LogP contribution in [0.1, 0.15) is 6.92 Å². The second kappa shape index (κ2) is 3.60. The van der Waals surface area contributed by atoms with Gasteiger partial charge in [0, 0.05) is 5.33 Å². The highest BCUT2D eigenvalue weighted by Gasteiger charge is 1.96. The van der Waals surface area contributed by atoms with E-state index in [1.165, 1.54) is 0 Å². The third-order valence-corrected chi connectivity index (χ3v) is 1.28. The molecule has 0 saturated carbocycles. The Morgan fingerprint density at radius 3 is 2.50 bits per heavy atom. The molecule has 0 atom stereocenters. The van der Waals surface area contributed by atoms with Crippen LogP contribution in [-0.4, -0.2) is 22.0 Å². The number of nitrogens with one attached hydrogen (secondary N) is 1. The van der Waals surface area contributed by atoms with Crippen LogP contribution in [0.5, 0.6) is 0 Å². The van der Waals surface area contributed by atoms with E-state index in [0.29, 0.717) is 16.8 Å². The van der Waals surface area contributed by atoms with Crippen molar-refractivity contribution in [3.63, 3.8) is 0 Å². The number of rotatable bonds is 2. The summed E-state index contributed by atoms with van der Waals surface area (Å²) in [5.74, 6) is 0. The maximum Gasteiger partial charge on any atom is 0.0980 e. The topological polar surface area (TPSA) is 56.4 Å². The molecular weight excluding hydrogens is 172 g/mol. The summed E-state index contributed by atoms with van der Waals surface area (Å²) in [6, 6.07) is 0. The van der Waals surface area contributed by atoms with Gasteiger partial charge in [-0.25, -0.2) is 0 Å². The van der Waals surface area contributed by atoms with Crippen molar-refractivity contribution in [1.29, 1.82) is 5.41 Å². The van der Waals surface area contributed by atoms with Crippen molar-refractivity contribution in [3.05, 3.63) is 0 Å². The minimum Gasteiger partial charge on any atom is -0.411 e. The molecule has 0 fully saturated rings. The Morgan fingerprint density at radius 2 is 2.38 bits per heavy atom. The minimum absolute atomic E-state index is 0.299. The van der Waals surface area contributed by atoms with Gasteiger partial charge in [-0.3, -0.25) is 0 Å². The highest BCUT2D eigenvalue weighted by Crippen LogP contribution is 1.85. The number of halogens is 1. The average Bonchev–Trinajstić information content (AvgIpc) is 1.84. The Labute approximate surface area is 56.0 Å². The van der Waals surface area contributed by atoms with Crippen LogP contribution >= 0.6 is 15.9 Å². The zero-order chi connectivity index (χ0) is 6.57. The van der Waals surface area contributed by atoms with Crippen LogP contribution in [0, 0.1) is 5.41 Å². The molecule has 0 aliphatic carbocycles. The summed E-state index contributed by atoms with van der Waals surface area (Å²) >= 11 is 3.04. The Morgan fingerprint density at radius 1 is 1.88 bits per heavy atom. The molecule has 0 aromatic carbocycles. The van der Waals surface area contributed by atoms with Crippen molar-refractivity contribution >= 4 is 27.4 Å². The van der Waals surface area contributed by atoms with Crippen LogP contribution in [0.25, 0.3) is 0 Å². The third-order valence-electron chi connectivity index (χ3n) is 0.720. The van der Waals surface area contributed by atoms with Gasteiger partial charge in [0.2, 0.25) is 0 Å². The van der Waals surface area contributed by atoms with Crippen LogP contribution in [0.15, 0.2) is 5.16 Å². The Kier molecular flexibility index (Phi) is 3.43. The Balaban J connectivity index is 3.83. The maximum atomic E-state index is 8.06. The second-order valence-electron chi connectivity index (χ2n) is 1.30. The normalized spacial score (nSPS) is 11.5. The first-order valence-electron chi connectivity index (χ1n) is 2.04. The number of oxime groups is 1. The predicted molar refractivity (Wildman–Crippen MR) is 36.4 cm³/mol. The smallest absolute Gasteiger partial charge is 0.0980 e. The highest BCUT2D eigenvalue weighted by atomic mass is 79.9. The molecule has 4 heteroatoms. The summed E-state index contributed by atoms with van der Waals surface area (Å²) in [6.45, 7) is 1.57. The van der Waals surface area contributed by atoms with Crippen molar-refractivity contribution in [2.75, 3.05) is 5.33 Å². The van der Waals surface area contributed by atoms with Crippen LogP contribution in [0.2, 0.25) is 0 Å². The molecule has 46 valence electrons. The minimum atomic E-state index is 0.299. The molecule has 2 N–H and O–H groups in total. The summed E-state index contributed by atoms with van der Waals surface area (Å²) in [4.78, 5) is 0. The molecule has 0 aliphatic rings. The molecule has 0 radical (unpaired) electrons. The van der Waals surface area contributed by atoms with Gasteiger partial charge in [0.25, 0.3) is 0 Å². The zero-order valence-electron chi connectivity index (χ0n) is 4.48. The van der Waals surface area contributed by atoms with Crippen molar-refractivity contribution in [2.45, 2.75) is 6.92 Å². The lowest BCUT2D eigenvalue weighted by Gasteiger charge is -1.91. The molecule has 0 aromatic heterocycles. The van der Waals surface area contributed by atoms with Crippen LogP contribution in [0.4, 0.5) is 0 Å². The number of nitrogens with zero attached hydrogens (tertiary/aromatic N) is 1. The number of alkyl halides is 1. The third kappa shape index (κ3) is 2.07. The number of hydrogen-bond acceptors (Lipinski definition) is 3. The largest absolute Gasteiger partial charge is 0.411 e. The predicted octanol–water partition coefficient (Wildman–Crippen LogP) is 1.25. The monoisotopic (exact) mass is 178 g/mol. The molecule has 0 spiro atoms. The molecule has 0 aromatic rings. The SMILES string of the molecule is CC(=NO)C(=N)CBr. The second-order valence-corrected chi connectivity index (χ2v) is 1.86. The molecule has 0 saturated heterocycles. The van der Waals surface area contributed by atoms with E-state index >= 15 is 0 Å². The zero-order valence-corrected chi connectivity index (χ0v) is 6.07. The van der Waals surface area contributed by atoms with Crippen molar-refractivity contribution < 1.29 is 5.21 Å². The van der Waals surface area contributed by atoms with E-state index in [1.54, 1.807) is 6.92 Å². The highest BCUT2D eigenvalue weighted by molar-refractivity contribution is 9.09.